The Kier molecular flexibility index (Phi) is 3.40. The summed E-state index contributed by atoms with van der Waals surface area (Å²) >= 11 is 0. The minimum atomic E-state index is 0.585. The lowest BCUT2D eigenvalue weighted by Crippen LogP contribution is -2.43. The van der Waals surface area contributed by atoms with Crippen LogP contribution in [0.4, 0.5) is 0 Å². The van der Waals surface area contributed by atoms with Crippen molar-refractivity contribution in [3.05, 3.63) is 35.4 Å². The molecule has 2 heteroatoms. The highest BCUT2D eigenvalue weighted by Gasteiger charge is 2.37. The Morgan fingerprint density at radius 1 is 1.33 bits per heavy atom. The van der Waals surface area contributed by atoms with Crippen LogP contribution < -0.4 is 5.32 Å². The first-order valence-corrected chi connectivity index (χ1v) is 7.24. The van der Waals surface area contributed by atoms with Gasteiger partial charge in [-0.05, 0) is 50.3 Å². The van der Waals surface area contributed by atoms with Crippen LogP contribution in [0.2, 0.25) is 0 Å². The first-order chi connectivity index (χ1) is 8.76. The Balaban J connectivity index is 1.66. The number of rotatable bonds is 2. The maximum atomic E-state index is 3.55. The van der Waals surface area contributed by atoms with Crippen LogP contribution in [0.15, 0.2) is 24.3 Å². The number of piperidine rings is 1. The van der Waals surface area contributed by atoms with Crippen molar-refractivity contribution in [1.82, 2.24) is 10.2 Å². The van der Waals surface area contributed by atoms with Crippen molar-refractivity contribution in [2.24, 2.45) is 5.41 Å². The smallest absolute Gasteiger partial charge is 0.0234 e. The third-order valence-electron chi connectivity index (χ3n) is 4.56. The summed E-state index contributed by atoms with van der Waals surface area (Å²) < 4.78 is 0. The summed E-state index contributed by atoms with van der Waals surface area (Å²) in [6, 6.07) is 8.96. The number of hydrogen-bond acceptors (Lipinski definition) is 2. The number of nitrogens with zero attached hydrogens (tertiary/aromatic N) is 1. The fourth-order valence-electron chi connectivity index (χ4n) is 3.66. The molecule has 0 aromatic heterocycles. The third-order valence-corrected chi connectivity index (χ3v) is 4.56. The second kappa shape index (κ2) is 5.02. The van der Waals surface area contributed by atoms with E-state index in [4.69, 9.17) is 0 Å². The lowest BCUT2D eigenvalue weighted by atomic mass is 9.79. The highest BCUT2D eigenvalue weighted by atomic mass is 15.1. The summed E-state index contributed by atoms with van der Waals surface area (Å²) in [7, 11) is 0. The third kappa shape index (κ3) is 2.60. The number of nitrogens with one attached hydrogen (secondary N) is 1. The molecule has 3 rings (SSSR count). The van der Waals surface area contributed by atoms with Crippen LogP contribution in [0, 0.1) is 12.3 Å². The van der Waals surface area contributed by atoms with Gasteiger partial charge in [0.1, 0.15) is 0 Å². The van der Waals surface area contributed by atoms with E-state index in [9.17, 15) is 0 Å². The quantitative estimate of drug-likeness (QED) is 0.860. The van der Waals surface area contributed by atoms with Crippen molar-refractivity contribution in [2.45, 2.75) is 32.7 Å². The maximum Gasteiger partial charge on any atom is 0.0234 e. The number of hydrogen-bond donors (Lipinski definition) is 1. The van der Waals surface area contributed by atoms with Crippen molar-refractivity contribution in [3.63, 3.8) is 0 Å². The first kappa shape index (κ1) is 12.2. The largest absolute Gasteiger partial charge is 0.316 e. The average molecular weight is 244 g/mol. The summed E-state index contributed by atoms with van der Waals surface area (Å²) in [5.41, 5.74) is 3.43. The molecule has 2 saturated heterocycles. The molecule has 2 heterocycles. The minimum absolute atomic E-state index is 0.585. The normalized spacial score (nSPS) is 28.9. The lowest BCUT2D eigenvalue weighted by Gasteiger charge is -2.40. The molecule has 2 aliphatic rings. The molecule has 98 valence electrons. The summed E-state index contributed by atoms with van der Waals surface area (Å²) in [4.78, 5) is 2.66. The van der Waals surface area contributed by atoms with Gasteiger partial charge >= 0.3 is 0 Å². The van der Waals surface area contributed by atoms with Gasteiger partial charge in [0.2, 0.25) is 0 Å². The fraction of sp³-hybridized carbons (Fsp3) is 0.625. The van der Waals surface area contributed by atoms with Gasteiger partial charge in [-0.1, -0.05) is 29.8 Å². The molecule has 1 spiro atoms. The van der Waals surface area contributed by atoms with E-state index in [1.54, 1.807) is 0 Å². The lowest BCUT2D eigenvalue weighted by molar-refractivity contribution is 0.0978. The van der Waals surface area contributed by atoms with Gasteiger partial charge in [0.15, 0.2) is 0 Å². The van der Waals surface area contributed by atoms with Crippen LogP contribution in [-0.4, -0.2) is 31.1 Å². The Hall–Kier alpha value is -0.860. The van der Waals surface area contributed by atoms with Crippen LogP contribution in [0.5, 0.6) is 0 Å². The van der Waals surface area contributed by atoms with Gasteiger partial charge in [-0.25, -0.2) is 0 Å². The van der Waals surface area contributed by atoms with Gasteiger partial charge in [0, 0.05) is 19.6 Å². The SMILES string of the molecule is Cc1cccc(CN2CCC[C@@]3(CCNC3)C2)c1. The first-order valence-electron chi connectivity index (χ1n) is 7.24. The van der Waals surface area contributed by atoms with Crippen LogP contribution in [-0.2, 0) is 6.54 Å². The molecule has 2 nitrogen and oxygen atoms in total. The van der Waals surface area contributed by atoms with Crippen molar-refractivity contribution < 1.29 is 0 Å². The number of likely N-dealkylation sites (tertiary alicyclic amines) is 1. The van der Waals surface area contributed by atoms with E-state index in [-0.39, 0.29) is 0 Å². The Labute approximate surface area is 110 Å². The van der Waals surface area contributed by atoms with Gasteiger partial charge < -0.3 is 5.32 Å². The zero-order chi connectivity index (χ0) is 12.4. The van der Waals surface area contributed by atoms with Gasteiger partial charge in [0.05, 0.1) is 0 Å². The molecular formula is C16H24N2. The summed E-state index contributed by atoms with van der Waals surface area (Å²) in [6.07, 6.45) is 4.16. The van der Waals surface area contributed by atoms with E-state index in [2.05, 4.69) is 41.4 Å². The standard InChI is InChI=1S/C16H24N2/c1-14-4-2-5-15(10-14)11-18-9-3-6-16(13-18)7-8-17-12-16/h2,4-5,10,17H,3,6-9,11-13H2,1H3/t16-/m0/s1. The van der Waals surface area contributed by atoms with E-state index in [0.717, 1.165) is 6.54 Å². The molecule has 1 atom stereocenters. The van der Waals surface area contributed by atoms with Crippen LogP contribution in [0.3, 0.4) is 0 Å². The molecule has 1 N–H and O–H groups in total. The van der Waals surface area contributed by atoms with E-state index in [0.29, 0.717) is 5.41 Å². The molecular weight excluding hydrogens is 220 g/mol. The monoisotopic (exact) mass is 244 g/mol. The van der Waals surface area contributed by atoms with Gasteiger partial charge in [-0.2, -0.15) is 0 Å². The summed E-state index contributed by atoms with van der Waals surface area (Å²) in [5.74, 6) is 0. The average Bonchev–Trinajstić information content (AvgIpc) is 2.77. The highest BCUT2D eigenvalue weighted by Crippen LogP contribution is 2.35. The highest BCUT2D eigenvalue weighted by molar-refractivity contribution is 5.22. The molecule has 1 aromatic carbocycles. The Morgan fingerprint density at radius 2 is 2.28 bits per heavy atom. The summed E-state index contributed by atoms with van der Waals surface area (Å²) in [5, 5.41) is 3.55. The molecule has 0 aliphatic carbocycles. The topological polar surface area (TPSA) is 15.3 Å². The number of aryl methyl sites for hydroxylation is 1. The van der Waals surface area contributed by atoms with Crippen LogP contribution in [0.25, 0.3) is 0 Å². The second-order valence-electron chi connectivity index (χ2n) is 6.23. The molecule has 2 fully saturated rings. The van der Waals surface area contributed by atoms with E-state index in [1.807, 2.05) is 0 Å². The van der Waals surface area contributed by atoms with Crippen LogP contribution in [0.1, 0.15) is 30.4 Å². The molecule has 1 aromatic rings. The van der Waals surface area contributed by atoms with Gasteiger partial charge in [-0.3, -0.25) is 4.90 Å². The van der Waals surface area contributed by atoms with Crippen molar-refractivity contribution in [3.8, 4) is 0 Å². The molecule has 0 bridgehead atoms. The molecule has 0 saturated carbocycles. The van der Waals surface area contributed by atoms with E-state index >= 15 is 0 Å². The minimum Gasteiger partial charge on any atom is -0.316 e. The molecule has 2 aliphatic heterocycles. The maximum absolute atomic E-state index is 3.55. The molecule has 0 radical (unpaired) electrons. The van der Waals surface area contributed by atoms with Crippen molar-refractivity contribution >= 4 is 0 Å². The molecule has 18 heavy (non-hydrogen) atoms. The second-order valence-corrected chi connectivity index (χ2v) is 6.23. The Morgan fingerprint density at radius 3 is 3.06 bits per heavy atom. The van der Waals surface area contributed by atoms with Crippen molar-refractivity contribution in [1.29, 1.82) is 0 Å². The number of benzene rings is 1. The molecule has 0 unspecified atom stereocenters. The zero-order valence-corrected chi connectivity index (χ0v) is 11.4. The molecule has 0 amide bonds. The van der Waals surface area contributed by atoms with Gasteiger partial charge in [0.25, 0.3) is 0 Å². The fourth-order valence-corrected chi connectivity index (χ4v) is 3.66. The van der Waals surface area contributed by atoms with E-state index in [1.165, 1.54) is 56.6 Å². The van der Waals surface area contributed by atoms with Crippen molar-refractivity contribution in [2.75, 3.05) is 26.2 Å². The predicted molar refractivity (Wildman–Crippen MR) is 75.6 cm³/mol. The zero-order valence-electron chi connectivity index (χ0n) is 11.4. The van der Waals surface area contributed by atoms with E-state index < -0.39 is 0 Å². The van der Waals surface area contributed by atoms with Gasteiger partial charge in [-0.15, -0.1) is 0 Å². The Bertz CT molecular complexity index is 407. The summed E-state index contributed by atoms with van der Waals surface area (Å²) in [6.45, 7) is 8.32. The van der Waals surface area contributed by atoms with Crippen LogP contribution >= 0.6 is 0 Å². The predicted octanol–water partition coefficient (Wildman–Crippen LogP) is 2.57.